The number of rotatable bonds is 5. The zero-order valence-electron chi connectivity index (χ0n) is 10.6. The van der Waals surface area contributed by atoms with Crippen molar-refractivity contribution in [3.63, 3.8) is 0 Å². The first-order chi connectivity index (χ1) is 8.08. The lowest BCUT2D eigenvalue weighted by atomic mass is 10.1. The number of hydrogen-bond acceptors (Lipinski definition) is 3. The second kappa shape index (κ2) is 6.25. The summed E-state index contributed by atoms with van der Waals surface area (Å²) in [5.41, 5.74) is 4.48. The van der Waals surface area contributed by atoms with Crippen molar-refractivity contribution in [2.75, 3.05) is 0 Å². The number of nitrogens with one attached hydrogen (secondary N) is 1. The molecule has 1 unspecified atom stereocenters. The van der Waals surface area contributed by atoms with Gasteiger partial charge in [-0.25, -0.2) is 5.84 Å². The van der Waals surface area contributed by atoms with Gasteiger partial charge in [-0.05, 0) is 43.5 Å². The minimum absolute atomic E-state index is 0.287. The van der Waals surface area contributed by atoms with Crippen molar-refractivity contribution in [2.45, 2.75) is 39.7 Å². The van der Waals surface area contributed by atoms with Crippen LogP contribution in [0.3, 0.4) is 0 Å². The highest BCUT2D eigenvalue weighted by atomic mass is 16.5. The fraction of sp³-hybridized carbons (Fsp3) is 0.462. The van der Waals surface area contributed by atoms with Crippen molar-refractivity contribution in [3.8, 4) is 5.75 Å². The third-order valence-corrected chi connectivity index (χ3v) is 2.74. The predicted molar refractivity (Wildman–Crippen MR) is 67.6 cm³/mol. The fourth-order valence-electron chi connectivity index (χ4n) is 1.55. The maximum absolute atomic E-state index is 11.5. The van der Waals surface area contributed by atoms with E-state index in [2.05, 4.69) is 5.43 Å². The Hall–Kier alpha value is -1.55. The summed E-state index contributed by atoms with van der Waals surface area (Å²) >= 11 is 0. The zero-order valence-corrected chi connectivity index (χ0v) is 10.6. The van der Waals surface area contributed by atoms with E-state index in [-0.39, 0.29) is 5.91 Å². The monoisotopic (exact) mass is 236 g/mol. The first kappa shape index (κ1) is 13.5. The molecule has 0 radical (unpaired) electrons. The second-order valence-electron chi connectivity index (χ2n) is 4.15. The largest absolute Gasteiger partial charge is 0.481 e. The van der Waals surface area contributed by atoms with E-state index in [9.17, 15) is 4.79 Å². The number of aryl methyl sites for hydroxylation is 2. The van der Waals surface area contributed by atoms with E-state index in [1.165, 1.54) is 5.56 Å². The summed E-state index contributed by atoms with van der Waals surface area (Å²) in [4.78, 5) is 11.5. The van der Waals surface area contributed by atoms with E-state index >= 15 is 0 Å². The SMILES string of the molecule is CCCC(Oc1ccc(C)c(C)c1)C(=O)NN. The van der Waals surface area contributed by atoms with Crippen molar-refractivity contribution in [2.24, 2.45) is 5.84 Å². The summed E-state index contributed by atoms with van der Waals surface area (Å²) < 4.78 is 5.65. The number of nitrogens with two attached hydrogens (primary N) is 1. The number of hydrogen-bond donors (Lipinski definition) is 2. The van der Waals surface area contributed by atoms with E-state index in [0.717, 1.165) is 12.0 Å². The Kier molecular flexibility index (Phi) is 4.97. The Balaban J connectivity index is 2.78. The van der Waals surface area contributed by atoms with Crippen molar-refractivity contribution < 1.29 is 9.53 Å². The van der Waals surface area contributed by atoms with Gasteiger partial charge >= 0.3 is 0 Å². The Labute approximate surface area is 102 Å². The van der Waals surface area contributed by atoms with Gasteiger partial charge in [0.1, 0.15) is 5.75 Å². The molecule has 0 aliphatic rings. The minimum Gasteiger partial charge on any atom is -0.481 e. The molecule has 1 amide bonds. The Morgan fingerprint density at radius 2 is 2.12 bits per heavy atom. The van der Waals surface area contributed by atoms with E-state index in [1.54, 1.807) is 0 Å². The molecule has 0 saturated heterocycles. The molecule has 0 saturated carbocycles. The molecule has 94 valence electrons. The second-order valence-corrected chi connectivity index (χ2v) is 4.15. The third-order valence-electron chi connectivity index (χ3n) is 2.74. The summed E-state index contributed by atoms with van der Waals surface area (Å²) in [5, 5.41) is 0. The van der Waals surface area contributed by atoms with Gasteiger partial charge < -0.3 is 4.74 Å². The molecule has 1 aromatic carbocycles. The van der Waals surface area contributed by atoms with Crippen LogP contribution in [0.2, 0.25) is 0 Å². The lowest BCUT2D eigenvalue weighted by Crippen LogP contribution is -2.42. The van der Waals surface area contributed by atoms with Crippen LogP contribution in [0.25, 0.3) is 0 Å². The molecule has 0 heterocycles. The van der Waals surface area contributed by atoms with Crippen LogP contribution < -0.4 is 16.0 Å². The smallest absolute Gasteiger partial charge is 0.274 e. The molecular weight excluding hydrogens is 216 g/mol. The number of hydrazine groups is 1. The van der Waals surface area contributed by atoms with Crippen LogP contribution in [0, 0.1) is 13.8 Å². The summed E-state index contributed by atoms with van der Waals surface area (Å²) in [6.45, 7) is 6.05. The lowest BCUT2D eigenvalue weighted by Gasteiger charge is -2.17. The fourth-order valence-corrected chi connectivity index (χ4v) is 1.55. The predicted octanol–water partition coefficient (Wildman–Crippen LogP) is 1.84. The van der Waals surface area contributed by atoms with Gasteiger partial charge in [0.05, 0.1) is 0 Å². The van der Waals surface area contributed by atoms with Crippen LogP contribution in [-0.4, -0.2) is 12.0 Å². The van der Waals surface area contributed by atoms with E-state index in [0.29, 0.717) is 12.2 Å². The molecule has 0 aliphatic carbocycles. The van der Waals surface area contributed by atoms with Gasteiger partial charge in [0.15, 0.2) is 6.10 Å². The van der Waals surface area contributed by atoms with Gasteiger partial charge in [-0.1, -0.05) is 19.4 Å². The number of carbonyl (C=O) groups excluding carboxylic acids is 1. The maximum Gasteiger partial charge on any atom is 0.274 e. The van der Waals surface area contributed by atoms with Crippen molar-refractivity contribution in [1.82, 2.24) is 5.43 Å². The summed E-state index contributed by atoms with van der Waals surface area (Å²) in [5.74, 6) is 5.55. The van der Waals surface area contributed by atoms with Gasteiger partial charge in [0.25, 0.3) is 5.91 Å². The molecule has 1 aromatic rings. The Bertz CT molecular complexity index is 391. The quantitative estimate of drug-likeness (QED) is 0.466. The van der Waals surface area contributed by atoms with Crippen LogP contribution in [0.5, 0.6) is 5.75 Å². The molecule has 1 rings (SSSR count). The molecule has 17 heavy (non-hydrogen) atoms. The summed E-state index contributed by atoms with van der Waals surface area (Å²) in [6.07, 6.45) is 0.992. The minimum atomic E-state index is -0.521. The van der Waals surface area contributed by atoms with Crippen LogP contribution >= 0.6 is 0 Å². The summed E-state index contributed by atoms with van der Waals surface area (Å²) in [6, 6.07) is 5.78. The van der Waals surface area contributed by atoms with Crippen molar-refractivity contribution in [1.29, 1.82) is 0 Å². The first-order valence-electron chi connectivity index (χ1n) is 5.82. The average Bonchev–Trinajstić information content (AvgIpc) is 2.32. The molecule has 1 atom stereocenters. The van der Waals surface area contributed by atoms with E-state index in [4.69, 9.17) is 10.6 Å². The Morgan fingerprint density at radius 3 is 2.65 bits per heavy atom. The highest BCUT2D eigenvalue weighted by Crippen LogP contribution is 2.18. The standard InChI is InChI=1S/C13H20N2O2/c1-4-5-12(13(16)15-14)17-11-7-6-9(2)10(3)8-11/h6-8,12H,4-5,14H2,1-3H3,(H,15,16). The van der Waals surface area contributed by atoms with Crippen LogP contribution in [0.1, 0.15) is 30.9 Å². The molecule has 0 fully saturated rings. The van der Waals surface area contributed by atoms with Gasteiger partial charge in [-0.15, -0.1) is 0 Å². The highest BCUT2D eigenvalue weighted by molar-refractivity contribution is 5.80. The molecule has 0 aromatic heterocycles. The molecule has 0 spiro atoms. The lowest BCUT2D eigenvalue weighted by molar-refractivity contribution is -0.128. The van der Waals surface area contributed by atoms with E-state index < -0.39 is 6.10 Å². The van der Waals surface area contributed by atoms with Crippen molar-refractivity contribution in [3.05, 3.63) is 29.3 Å². The third kappa shape index (κ3) is 3.75. The zero-order chi connectivity index (χ0) is 12.8. The molecule has 3 N–H and O–H groups in total. The average molecular weight is 236 g/mol. The van der Waals surface area contributed by atoms with Gasteiger partial charge in [-0.2, -0.15) is 0 Å². The number of ether oxygens (including phenoxy) is 1. The summed E-state index contributed by atoms with van der Waals surface area (Å²) in [7, 11) is 0. The van der Waals surface area contributed by atoms with Crippen LogP contribution in [-0.2, 0) is 4.79 Å². The normalized spacial score (nSPS) is 12.0. The molecule has 0 bridgehead atoms. The molecule has 4 heteroatoms. The first-order valence-corrected chi connectivity index (χ1v) is 5.82. The van der Waals surface area contributed by atoms with Gasteiger partial charge in [0, 0.05) is 0 Å². The van der Waals surface area contributed by atoms with Crippen molar-refractivity contribution >= 4 is 5.91 Å². The maximum atomic E-state index is 11.5. The number of benzene rings is 1. The van der Waals surface area contributed by atoms with Crippen LogP contribution in [0.4, 0.5) is 0 Å². The van der Waals surface area contributed by atoms with Gasteiger partial charge in [0.2, 0.25) is 0 Å². The molecular formula is C13H20N2O2. The van der Waals surface area contributed by atoms with Gasteiger partial charge in [-0.3, -0.25) is 10.2 Å². The highest BCUT2D eigenvalue weighted by Gasteiger charge is 2.18. The Morgan fingerprint density at radius 1 is 1.41 bits per heavy atom. The number of amides is 1. The molecule has 0 aliphatic heterocycles. The van der Waals surface area contributed by atoms with Crippen LogP contribution in [0.15, 0.2) is 18.2 Å². The van der Waals surface area contributed by atoms with E-state index in [1.807, 2.05) is 39.0 Å². The topological polar surface area (TPSA) is 64.3 Å². The molecule has 4 nitrogen and oxygen atoms in total. The number of carbonyl (C=O) groups is 1.